The maximum Gasteiger partial charge on any atom is 0.161 e. The van der Waals surface area contributed by atoms with Gasteiger partial charge in [-0.15, -0.1) is 0 Å². The van der Waals surface area contributed by atoms with Crippen molar-refractivity contribution in [2.45, 2.75) is 51.4 Å². The molecule has 1 heterocycles. The number of hydrogen-bond donors (Lipinski definition) is 1. The van der Waals surface area contributed by atoms with Crippen LogP contribution in [0.1, 0.15) is 32.3 Å². The summed E-state index contributed by atoms with van der Waals surface area (Å²) < 4.78 is 11.4. The van der Waals surface area contributed by atoms with Gasteiger partial charge in [0, 0.05) is 25.2 Å². The number of methoxy groups -OCH3 is 1. The van der Waals surface area contributed by atoms with Gasteiger partial charge in [0.2, 0.25) is 0 Å². The summed E-state index contributed by atoms with van der Waals surface area (Å²) in [4.78, 5) is 4.55. The van der Waals surface area contributed by atoms with Gasteiger partial charge in [-0.1, -0.05) is 6.07 Å². The zero-order chi connectivity index (χ0) is 19.8. The number of ether oxygens (including phenoxy) is 2. The van der Waals surface area contributed by atoms with Crippen LogP contribution in [0.4, 0.5) is 0 Å². The van der Waals surface area contributed by atoms with Gasteiger partial charge in [-0.2, -0.15) is 11.8 Å². The van der Waals surface area contributed by atoms with Crippen LogP contribution >= 0.6 is 11.8 Å². The Morgan fingerprint density at radius 3 is 2.52 bits per heavy atom. The number of hydrogen-bond acceptors (Lipinski definition) is 6. The average molecular weight is 397 g/mol. The first kappa shape index (κ1) is 22.3. The molecule has 0 bridgehead atoms. The highest BCUT2D eigenvalue weighted by Crippen LogP contribution is 2.29. The van der Waals surface area contributed by atoms with Gasteiger partial charge in [0.15, 0.2) is 11.5 Å². The predicted molar refractivity (Wildman–Crippen MR) is 114 cm³/mol. The maximum atomic E-state index is 10.3. The topological polar surface area (TPSA) is 45.2 Å². The third-order valence-corrected chi connectivity index (χ3v) is 6.33. The lowest BCUT2D eigenvalue weighted by atomic mass is 10.1. The third-order valence-electron chi connectivity index (χ3n) is 5.29. The Labute approximate surface area is 169 Å². The van der Waals surface area contributed by atoms with Crippen LogP contribution in [0.3, 0.4) is 0 Å². The molecule has 0 unspecified atom stereocenters. The number of aliphatic hydroxyl groups excluding tert-OH is 1. The van der Waals surface area contributed by atoms with E-state index in [1.165, 1.54) is 29.9 Å². The van der Waals surface area contributed by atoms with E-state index in [1.54, 1.807) is 7.11 Å². The van der Waals surface area contributed by atoms with Gasteiger partial charge in [-0.05, 0) is 70.0 Å². The van der Waals surface area contributed by atoms with Crippen LogP contribution in [-0.4, -0.2) is 79.0 Å². The molecule has 1 fully saturated rings. The second-order valence-corrected chi connectivity index (χ2v) is 8.97. The molecular weight excluding hydrogens is 360 g/mol. The molecule has 0 aliphatic carbocycles. The summed E-state index contributed by atoms with van der Waals surface area (Å²) in [5.41, 5.74) is 1.21. The molecule has 1 atom stereocenters. The first-order chi connectivity index (χ1) is 12.9. The van der Waals surface area contributed by atoms with Gasteiger partial charge in [-0.25, -0.2) is 0 Å². The van der Waals surface area contributed by atoms with Gasteiger partial charge in [0.05, 0.1) is 7.11 Å². The fourth-order valence-electron chi connectivity index (χ4n) is 3.26. The van der Waals surface area contributed by atoms with Crippen molar-refractivity contribution >= 4 is 11.8 Å². The number of likely N-dealkylation sites (N-methyl/N-ethyl adjacent to an activating group) is 1. The molecule has 0 radical (unpaired) electrons. The molecule has 1 aromatic rings. The Bertz CT molecular complexity index is 564. The fraction of sp³-hybridized carbons (Fsp3) is 0.714. The SMILES string of the molecule is COc1ccc(CN(C)C2CCSCC2)cc1OC[C@H](O)CN(C)C(C)C. The van der Waals surface area contributed by atoms with Gasteiger partial charge < -0.3 is 19.5 Å². The van der Waals surface area contributed by atoms with Crippen LogP contribution in [0.25, 0.3) is 0 Å². The van der Waals surface area contributed by atoms with Crippen molar-refractivity contribution in [1.82, 2.24) is 9.80 Å². The molecule has 1 aliphatic heterocycles. The quantitative estimate of drug-likeness (QED) is 0.656. The van der Waals surface area contributed by atoms with Crippen molar-refractivity contribution in [2.75, 3.05) is 45.9 Å². The third kappa shape index (κ3) is 7.18. The summed E-state index contributed by atoms with van der Waals surface area (Å²) in [6.45, 7) is 5.96. The van der Waals surface area contributed by atoms with Crippen LogP contribution in [0.2, 0.25) is 0 Å². The highest BCUT2D eigenvalue weighted by Gasteiger charge is 2.19. The zero-order valence-electron chi connectivity index (χ0n) is 17.5. The van der Waals surface area contributed by atoms with E-state index in [9.17, 15) is 5.11 Å². The molecule has 0 saturated carbocycles. The van der Waals surface area contributed by atoms with E-state index in [-0.39, 0.29) is 6.61 Å². The highest BCUT2D eigenvalue weighted by molar-refractivity contribution is 7.99. The minimum absolute atomic E-state index is 0.257. The van der Waals surface area contributed by atoms with E-state index in [1.807, 2.05) is 19.2 Å². The number of benzene rings is 1. The largest absolute Gasteiger partial charge is 0.493 e. The molecule has 6 heteroatoms. The molecule has 1 aromatic carbocycles. The van der Waals surface area contributed by atoms with Crippen molar-refractivity contribution in [1.29, 1.82) is 0 Å². The summed E-state index contributed by atoms with van der Waals surface area (Å²) >= 11 is 2.05. The molecule has 2 rings (SSSR count). The number of nitrogens with zero attached hydrogens (tertiary/aromatic N) is 2. The van der Waals surface area contributed by atoms with Crippen LogP contribution in [0, 0.1) is 0 Å². The minimum Gasteiger partial charge on any atom is -0.493 e. The average Bonchev–Trinajstić information content (AvgIpc) is 2.67. The first-order valence-electron chi connectivity index (χ1n) is 9.86. The van der Waals surface area contributed by atoms with Crippen molar-refractivity contribution in [3.8, 4) is 11.5 Å². The second-order valence-electron chi connectivity index (χ2n) is 7.74. The summed E-state index contributed by atoms with van der Waals surface area (Å²) in [6, 6.07) is 7.16. The molecule has 0 spiro atoms. The predicted octanol–water partition coefficient (Wildman–Crippen LogP) is 3.10. The van der Waals surface area contributed by atoms with Crippen molar-refractivity contribution < 1.29 is 14.6 Å². The van der Waals surface area contributed by atoms with Gasteiger partial charge in [-0.3, -0.25) is 4.90 Å². The van der Waals surface area contributed by atoms with E-state index in [4.69, 9.17) is 9.47 Å². The van der Waals surface area contributed by atoms with Crippen LogP contribution < -0.4 is 9.47 Å². The monoisotopic (exact) mass is 396 g/mol. The Morgan fingerprint density at radius 2 is 1.89 bits per heavy atom. The van der Waals surface area contributed by atoms with Gasteiger partial charge in [0.1, 0.15) is 12.7 Å². The van der Waals surface area contributed by atoms with Crippen LogP contribution in [0.5, 0.6) is 11.5 Å². The van der Waals surface area contributed by atoms with Crippen molar-refractivity contribution in [3.05, 3.63) is 23.8 Å². The molecule has 0 amide bonds. The normalized spacial score (nSPS) is 16.9. The molecule has 5 nitrogen and oxygen atoms in total. The standard InChI is InChI=1S/C21H36N2O3S/c1-16(2)22(3)14-19(24)15-26-21-12-17(6-7-20(21)25-5)13-23(4)18-8-10-27-11-9-18/h6-7,12,16,18-19,24H,8-11,13-15H2,1-5H3/t19-/m1/s1. The Kier molecular flexibility index (Phi) is 9.22. The smallest absolute Gasteiger partial charge is 0.161 e. The first-order valence-corrected chi connectivity index (χ1v) is 11.0. The van der Waals surface area contributed by atoms with E-state index in [2.05, 4.69) is 48.5 Å². The van der Waals surface area contributed by atoms with Crippen LogP contribution in [0.15, 0.2) is 18.2 Å². The Hall–Kier alpha value is -0.950. The zero-order valence-corrected chi connectivity index (χ0v) is 18.3. The van der Waals surface area contributed by atoms with E-state index in [0.717, 1.165) is 6.54 Å². The lowest BCUT2D eigenvalue weighted by molar-refractivity contribution is 0.0668. The van der Waals surface area contributed by atoms with E-state index in [0.29, 0.717) is 30.1 Å². The van der Waals surface area contributed by atoms with Crippen LogP contribution in [-0.2, 0) is 6.54 Å². The van der Waals surface area contributed by atoms with E-state index < -0.39 is 6.10 Å². The number of aliphatic hydroxyl groups is 1. The second kappa shape index (κ2) is 11.1. The molecule has 27 heavy (non-hydrogen) atoms. The van der Waals surface area contributed by atoms with Gasteiger partial charge >= 0.3 is 0 Å². The van der Waals surface area contributed by atoms with Crippen molar-refractivity contribution in [2.24, 2.45) is 0 Å². The van der Waals surface area contributed by atoms with Crippen molar-refractivity contribution in [3.63, 3.8) is 0 Å². The highest BCUT2D eigenvalue weighted by atomic mass is 32.2. The molecule has 0 aromatic heterocycles. The minimum atomic E-state index is -0.534. The maximum absolute atomic E-state index is 10.3. The summed E-state index contributed by atoms with van der Waals surface area (Å²) in [5, 5.41) is 10.3. The molecule has 1 aliphatic rings. The lowest BCUT2D eigenvalue weighted by Gasteiger charge is -2.31. The van der Waals surface area contributed by atoms with Gasteiger partial charge in [0.25, 0.3) is 0 Å². The fourth-order valence-corrected chi connectivity index (χ4v) is 4.34. The molecule has 154 valence electrons. The number of thioether (sulfide) groups is 1. The summed E-state index contributed by atoms with van der Waals surface area (Å²) in [6.07, 6.45) is 1.99. The Morgan fingerprint density at radius 1 is 1.19 bits per heavy atom. The molecule has 1 N–H and O–H groups in total. The lowest BCUT2D eigenvalue weighted by Crippen LogP contribution is -2.37. The summed E-state index contributed by atoms with van der Waals surface area (Å²) in [5.74, 6) is 3.93. The Balaban J connectivity index is 1.95. The number of rotatable bonds is 10. The van der Waals surface area contributed by atoms with E-state index >= 15 is 0 Å². The molecular formula is C21H36N2O3S. The molecule has 1 saturated heterocycles. The summed E-state index contributed by atoms with van der Waals surface area (Å²) in [7, 11) is 5.86.